The smallest absolute Gasteiger partial charge is 0.258 e. The van der Waals surface area contributed by atoms with Gasteiger partial charge in [0.15, 0.2) is 0 Å². The molecule has 2 atom stereocenters. The summed E-state index contributed by atoms with van der Waals surface area (Å²) >= 11 is 0. The molecule has 4 rings (SSSR count). The molecule has 0 radical (unpaired) electrons. The van der Waals surface area contributed by atoms with Gasteiger partial charge in [-0.1, -0.05) is 12.1 Å². The van der Waals surface area contributed by atoms with E-state index in [0.29, 0.717) is 11.1 Å². The fourth-order valence-electron chi connectivity index (χ4n) is 4.57. The first kappa shape index (κ1) is 27.9. The van der Waals surface area contributed by atoms with E-state index in [1.54, 1.807) is 20.0 Å². The first-order chi connectivity index (χ1) is 18.6. The van der Waals surface area contributed by atoms with Gasteiger partial charge in [-0.25, -0.2) is 8.78 Å². The average molecular weight is 538 g/mol. The van der Waals surface area contributed by atoms with Crippen LogP contribution in [0.1, 0.15) is 23.5 Å². The van der Waals surface area contributed by atoms with Gasteiger partial charge in [-0.2, -0.15) is 0 Å². The quantitative estimate of drug-likeness (QED) is 0.458. The highest BCUT2D eigenvalue weighted by Gasteiger charge is 2.31. The van der Waals surface area contributed by atoms with Crippen molar-refractivity contribution in [3.8, 4) is 11.1 Å². The summed E-state index contributed by atoms with van der Waals surface area (Å²) in [6, 6.07) is 11.3. The minimum absolute atomic E-state index is 0.0171. The number of benzene rings is 2. The Bertz CT molecular complexity index is 1480. The molecule has 10 heteroatoms. The van der Waals surface area contributed by atoms with Crippen molar-refractivity contribution < 1.29 is 28.2 Å². The number of aliphatic hydroxyl groups is 1. The number of aromatic nitrogens is 1. The number of hydrogen-bond donors (Lipinski definition) is 2. The molecule has 204 valence electrons. The van der Waals surface area contributed by atoms with Gasteiger partial charge >= 0.3 is 0 Å². The topological polar surface area (TPSA) is 101 Å². The Morgan fingerprint density at radius 1 is 1.15 bits per heavy atom. The molecule has 2 heterocycles. The number of aliphatic hydroxyl groups excluding tert-OH is 1. The zero-order valence-electron chi connectivity index (χ0n) is 21.8. The van der Waals surface area contributed by atoms with Gasteiger partial charge < -0.3 is 24.6 Å². The predicted molar refractivity (Wildman–Crippen MR) is 142 cm³/mol. The molecule has 0 fully saturated rings. The molecule has 0 unspecified atom stereocenters. The van der Waals surface area contributed by atoms with Crippen molar-refractivity contribution in [2.45, 2.75) is 31.9 Å². The summed E-state index contributed by atoms with van der Waals surface area (Å²) in [5, 5.41) is 12.8. The van der Waals surface area contributed by atoms with E-state index < -0.39 is 35.1 Å². The standard InChI is InChI=1S/C29H29F2N3O5/c1-17-11-25(31)23(21-5-4-10-34(29(21)38)14-20(35)16-39-3)12-26(17)32-28(37)24-15-33(2)27(36)13-22(24)18-6-8-19(30)9-7-18/h4-12,15,20,22,35H,13-14,16H2,1-3H3,(H,32,37)/t20-,22+/m1/s1. The van der Waals surface area contributed by atoms with Crippen LogP contribution < -0.4 is 10.9 Å². The van der Waals surface area contributed by atoms with Crippen LogP contribution >= 0.6 is 0 Å². The normalized spacial score (nSPS) is 16.2. The van der Waals surface area contributed by atoms with Crippen LogP contribution in [0.15, 0.2) is 71.3 Å². The molecule has 2 aromatic carbocycles. The number of nitrogens with one attached hydrogen (secondary N) is 1. The highest BCUT2D eigenvalue weighted by atomic mass is 19.1. The van der Waals surface area contributed by atoms with Gasteiger partial charge in [0.25, 0.3) is 11.5 Å². The molecule has 0 saturated carbocycles. The van der Waals surface area contributed by atoms with Crippen LogP contribution in [0.2, 0.25) is 0 Å². The molecule has 1 aliphatic heterocycles. The molecule has 0 saturated heterocycles. The Kier molecular flexibility index (Phi) is 8.37. The number of carbonyl (C=O) groups excluding carboxylic acids is 2. The molecule has 0 bridgehead atoms. The molecule has 2 amide bonds. The number of hydrogen-bond acceptors (Lipinski definition) is 5. The van der Waals surface area contributed by atoms with Gasteiger partial charge in [-0.3, -0.25) is 14.4 Å². The lowest BCUT2D eigenvalue weighted by Crippen LogP contribution is -2.33. The zero-order chi connectivity index (χ0) is 28.3. The van der Waals surface area contributed by atoms with Crippen molar-refractivity contribution in [1.82, 2.24) is 9.47 Å². The van der Waals surface area contributed by atoms with Gasteiger partial charge in [-0.05, 0) is 54.4 Å². The fraction of sp³-hybridized carbons (Fsp3) is 0.276. The van der Waals surface area contributed by atoms with Crippen molar-refractivity contribution in [1.29, 1.82) is 0 Å². The second kappa shape index (κ2) is 11.7. The van der Waals surface area contributed by atoms with Crippen molar-refractivity contribution in [3.63, 3.8) is 0 Å². The summed E-state index contributed by atoms with van der Waals surface area (Å²) < 4.78 is 34.8. The maximum Gasteiger partial charge on any atom is 0.258 e. The summed E-state index contributed by atoms with van der Waals surface area (Å²) in [7, 11) is 2.97. The van der Waals surface area contributed by atoms with E-state index >= 15 is 4.39 Å². The number of pyridine rings is 1. The SMILES string of the molecule is COC[C@H](O)Cn1cccc(-c2cc(NC(=O)C3=CN(C)C(=O)C[C@H]3c3ccc(F)cc3)c(C)cc2F)c1=O. The maximum absolute atomic E-state index is 15.1. The summed E-state index contributed by atoms with van der Waals surface area (Å²) in [6.07, 6.45) is 2.02. The van der Waals surface area contributed by atoms with E-state index in [4.69, 9.17) is 4.74 Å². The summed E-state index contributed by atoms with van der Waals surface area (Å²) in [4.78, 5) is 40.3. The monoisotopic (exact) mass is 537 g/mol. The molecule has 0 aliphatic carbocycles. The van der Waals surface area contributed by atoms with Gasteiger partial charge in [0.05, 0.1) is 24.8 Å². The Morgan fingerprint density at radius 3 is 2.56 bits per heavy atom. The Balaban J connectivity index is 1.67. The van der Waals surface area contributed by atoms with Crippen LogP contribution in [0, 0.1) is 18.6 Å². The number of anilines is 1. The molecule has 1 aliphatic rings. The predicted octanol–water partition coefficient (Wildman–Crippen LogP) is 3.58. The zero-order valence-corrected chi connectivity index (χ0v) is 21.8. The van der Waals surface area contributed by atoms with Crippen LogP contribution in [-0.4, -0.2) is 53.3 Å². The van der Waals surface area contributed by atoms with Crippen LogP contribution in [0.4, 0.5) is 14.5 Å². The number of ether oxygens (including phenoxy) is 1. The lowest BCUT2D eigenvalue weighted by Gasteiger charge is -2.28. The number of rotatable bonds is 8. The van der Waals surface area contributed by atoms with Crippen LogP contribution in [0.25, 0.3) is 11.1 Å². The summed E-state index contributed by atoms with van der Waals surface area (Å²) in [5.41, 5.74) is 1.12. The Labute approximate surface area is 224 Å². The van der Waals surface area contributed by atoms with Crippen molar-refractivity contribution in [3.05, 3.63) is 99.6 Å². The molecular weight excluding hydrogens is 508 g/mol. The minimum atomic E-state index is -0.927. The number of methoxy groups -OCH3 is 1. The van der Waals surface area contributed by atoms with Crippen molar-refractivity contribution in [2.75, 3.05) is 26.1 Å². The maximum atomic E-state index is 15.1. The second-order valence-corrected chi connectivity index (χ2v) is 9.49. The molecule has 3 aromatic rings. The molecule has 8 nitrogen and oxygen atoms in total. The number of amides is 2. The molecule has 2 N–H and O–H groups in total. The lowest BCUT2D eigenvalue weighted by atomic mass is 9.85. The van der Waals surface area contributed by atoms with E-state index in [2.05, 4.69) is 5.32 Å². The Morgan fingerprint density at radius 2 is 1.87 bits per heavy atom. The molecule has 1 aromatic heterocycles. The first-order valence-corrected chi connectivity index (χ1v) is 12.3. The first-order valence-electron chi connectivity index (χ1n) is 12.3. The number of carbonyl (C=O) groups is 2. The molecule has 39 heavy (non-hydrogen) atoms. The summed E-state index contributed by atoms with van der Waals surface area (Å²) in [5.74, 6) is -2.40. The van der Waals surface area contributed by atoms with Gasteiger partial charge in [-0.15, -0.1) is 0 Å². The largest absolute Gasteiger partial charge is 0.389 e. The lowest BCUT2D eigenvalue weighted by molar-refractivity contribution is -0.128. The van der Waals surface area contributed by atoms with E-state index in [1.807, 2.05) is 0 Å². The van der Waals surface area contributed by atoms with E-state index in [1.165, 1.54) is 71.4 Å². The van der Waals surface area contributed by atoms with Crippen LogP contribution in [0.5, 0.6) is 0 Å². The van der Waals surface area contributed by atoms with Crippen molar-refractivity contribution >= 4 is 17.5 Å². The molecular formula is C29H29F2N3O5. The highest BCUT2D eigenvalue weighted by molar-refractivity contribution is 6.07. The van der Waals surface area contributed by atoms with Crippen LogP contribution in [-0.2, 0) is 20.9 Å². The Hall–Kier alpha value is -4.15. The number of halogens is 2. The van der Waals surface area contributed by atoms with Crippen molar-refractivity contribution in [2.24, 2.45) is 0 Å². The van der Waals surface area contributed by atoms with Crippen LogP contribution in [0.3, 0.4) is 0 Å². The second-order valence-electron chi connectivity index (χ2n) is 9.49. The van der Waals surface area contributed by atoms with E-state index in [0.717, 1.165) is 0 Å². The third kappa shape index (κ3) is 6.13. The number of aryl methyl sites for hydroxylation is 1. The van der Waals surface area contributed by atoms with Gasteiger partial charge in [0.2, 0.25) is 5.91 Å². The van der Waals surface area contributed by atoms with E-state index in [9.17, 15) is 23.9 Å². The highest BCUT2D eigenvalue weighted by Crippen LogP contribution is 2.34. The molecule has 0 spiro atoms. The summed E-state index contributed by atoms with van der Waals surface area (Å²) in [6.45, 7) is 1.61. The van der Waals surface area contributed by atoms with Gasteiger partial charge in [0, 0.05) is 55.7 Å². The van der Waals surface area contributed by atoms with Gasteiger partial charge in [0.1, 0.15) is 11.6 Å². The number of nitrogens with zero attached hydrogens (tertiary/aromatic N) is 2. The minimum Gasteiger partial charge on any atom is -0.389 e. The fourth-order valence-corrected chi connectivity index (χ4v) is 4.57. The average Bonchev–Trinajstić information content (AvgIpc) is 2.89. The van der Waals surface area contributed by atoms with E-state index in [-0.39, 0.29) is 47.9 Å². The third-order valence-corrected chi connectivity index (χ3v) is 6.65. The third-order valence-electron chi connectivity index (χ3n) is 6.65.